The van der Waals surface area contributed by atoms with E-state index in [2.05, 4.69) is 18.0 Å². The molecule has 1 heterocycles. The standard InChI is InChI=1S/C21H23NO3/c1-4-5-12-22-18-14-21(25-19-9-7-6-8-16(18)19)17-11-10-15(23-2)13-20(17)24-3/h6-11,13-14H,4-5,12H2,1-3H3/p+1. The van der Waals surface area contributed by atoms with Crippen LogP contribution in [0, 0.1) is 0 Å². The van der Waals surface area contributed by atoms with Gasteiger partial charge in [-0.15, -0.1) is 0 Å². The molecule has 0 aliphatic heterocycles. The van der Waals surface area contributed by atoms with Crippen molar-refractivity contribution in [2.24, 2.45) is 0 Å². The van der Waals surface area contributed by atoms with Gasteiger partial charge in [0.15, 0.2) is 0 Å². The number of para-hydroxylation sites is 1. The Balaban J connectivity index is 2.19. The van der Waals surface area contributed by atoms with Crippen LogP contribution in [0.15, 0.2) is 52.9 Å². The third-order valence-electron chi connectivity index (χ3n) is 4.19. The molecule has 0 fully saturated rings. The van der Waals surface area contributed by atoms with Crippen molar-refractivity contribution < 1.29 is 18.9 Å². The molecule has 1 aromatic heterocycles. The van der Waals surface area contributed by atoms with E-state index < -0.39 is 0 Å². The van der Waals surface area contributed by atoms with Crippen molar-refractivity contribution in [3.05, 3.63) is 53.9 Å². The lowest BCUT2D eigenvalue weighted by Crippen LogP contribution is -2.76. The molecule has 3 rings (SSSR count). The highest BCUT2D eigenvalue weighted by molar-refractivity contribution is 5.79. The Labute approximate surface area is 147 Å². The minimum Gasteiger partial charge on any atom is -0.497 e. The number of fused-ring (bicyclic) bond motifs is 1. The second-order valence-electron chi connectivity index (χ2n) is 5.87. The second kappa shape index (κ2) is 7.88. The molecule has 4 heteroatoms. The molecular formula is C21H24NO3+. The van der Waals surface area contributed by atoms with E-state index in [1.54, 1.807) is 14.2 Å². The highest BCUT2D eigenvalue weighted by atomic mass is 16.5. The first-order valence-electron chi connectivity index (χ1n) is 8.59. The van der Waals surface area contributed by atoms with E-state index in [0.29, 0.717) is 0 Å². The SMILES string of the molecule is CCCC[NH+]=c1cc(-c2ccc(OC)cc2OC)oc2ccccc12. The maximum absolute atomic E-state index is 6.15. The summed E-state index contributed by atoms with van der Waals surface area (Å²) in [7, 11) is 3.30. The molecule has 0 atom stereocenters. The molecule has 3 aromatic rings. The lowest BCUT2D eigenvalue weighted by Gasteiger charge is -2.10. The zero-order valence-electron chi connectivity index (χ0n) is 15.0. The summed E-state index contributed by atoms with van der Waals surface area (Å²) in [4.78, 5) is 3.53. The van der Waals surface area contributed by atoms with Crippen LogP contribution in [-0.4, -0.2) is 20.8 Å². The molecule has 2 aromatic carbocycles. The highest BCUT2D eigenvalue weighted by Crippen LogP contribution is 2.33. The lowest BCUT2D eigenvalue weighted by molar-refractivity contribution is -0.499. The quantitative estimate of drug-likeness (QED) is 0.703. The van der Waals surface area contributed by atoms with Crippen LogP contribution in [0.3, 0.4) is 0 Å². The van der Waals surface area contributed by atoms with Gasteiger partial charge >= 0.3 is 0 Å². The van der Waals surface area contributed by atoms with Crippen LogP contribution in [0.4, 0.5) is 0 Å². The Morgan fingerprint density at radius 1 is 1.00 bits per heavy atom. The fourth-order valence-electron chi connectivity index (χ4n) is 2.82. The first-order valence-corrected chi connectivity index (χ1v) is 8.59. The van der Waals surface area contributed by atoms with Crippen LogP contribution in [0.2, 0.25) is 0 Å². The van der Waals surface area contributed by atoms with Gasteiger partial charge in [0.25, 0.3) is 0 Å². The molecule has 1 N–H and O–H groups in total. The molecule has 0 aliphatic rings. The molecule has 0 radical (unpaired) electrons. The summed E-state index contributed by atoms with van der Waals surface area (Å²) in [5.41, 5.74) is 1.74. The van der Waals surface area contributed by atoms with Gasteiger partial charge < -0.3 is 13.9 Å². The first kappa shape index (κ1) is 17.1. The average Bonchev–Trinajstić information content (AvgIpc) is 2.67. The van der Waals surface area contributed by atoms with Crippen LogP contribution >= 0.6 is 0 Å². The van der Waals surface area contributed by atoms with E-state index in [4.69, 9.17) is 13.9 Å². The van der Waals surface area contributed by atoms with Crippen LogP contribution in [0.25, 0.3) is 22.3 Å². The molecule has 0 aliphatic carbocycles. The van der Waals surface area contributed by atoms with Gasteiger partial charge in [0.1, 0.15) is 29.4 Å². The van der Waals surface area contributed by atoms with Crippen LogP contribution < -0.4 is 19.8 Å². The van der Waals surface area contributed by atoms with Gasteiger partial charge in [0.2, 0.25) is 5.36 Å². The monoisotopic (exact) mass is 338 g/mol. The summed E-state index contributed by atoms with van der Waals surface area (Å²) in [6, 6.07) is 15.8. The van der Waals surface area contributed by atoms with Crippen molar-refractivity contribution in [1.82, 2.24) is 0 Å². The summed E-state index contributed by atoms with van der Waals surface area (Å²) in [5, 5.41) is 2.15. The van der Waals surface area contributed by atoms with Crippen molar-refractivity contribution in [2.75, 3.05) is 20.8 Å². The van der Waals surface area contributed by atoms with Crippen LogP contribution in [-0.2, 0) is 0 Å². The number of rotatable bonds is 6. The van der Waals surface area contributed by atoms with Crippen LogP contribution in [0.1, 0.15) is 19.8 Å². The summed E-state index contributed by atoms with van der Waals surface area (Å²) in [6.07, 6.45) is 2.28. The largest absolute Gasteiger partial charge is 0.497 e. The van der Waals surface area contributed by atoms with E-state index in [1.807, 2.05) is 42.5 Å². The van der Waals surface area contributed by atoms with Gasteiger partial charge in [-0.05, 0) is 24.3 Å². The van der Waals surface area contributed by atoms with Crippen molar-refractivity contribution >= 4 is 11.0 Å². The van der Waals surface area contributed by atoms with Crippen molar-refractivity contribution in [1.29, 1.82) is 0 Å². The Morgan fingerprint density at radius 2 is 1.84 bits per heavy atom. The predicted molar refractivity (Wildman–Crippen MR) is 98.6 cm³/mol. The number of hydrogen-bond acceptors (Lipinski definition) is 3. The second-order valence-corrected chi connectivity index (χ2v) is 5.87. The summed E-state index contributed by atoms with van der Waals surface area (Å²) < 4.78 is 17.0. The Bertz CT molecular complexity index is 928. The number of unbranched alkanes of at least 4 members (excludes halogenated alkanes) is 1. The molecule has 0 unspecified atom stereocenters. The van der Waals surface area contributed by atoms with Gasteiger partial charge in [0.05, 0.1) is 31.2 Å². The molecule has 0 spiro atoms. The predicted octanol–water partition coefficient (Wildman–Crippen LogP) is 2.90. The minimum atomic E-state index is 0.720. The van der Waals surface area contributed by atoms with Gasteiger partial charge in [0, 0.05) is 12.5 Å². The van der Waals surface area contributed by atoms with E-state index >= 15 is 0 Å². The zero-order chi connectivity index (χ0) is 17.6. The van der Waals surface area contributed by atoms with E-state index in [9.17, 15) is 0 Å². The number of nitrogens with one attached hydrogen (secondary N) is 1. The fourth-order valence-corrected chi connectivity index (χ4v) is 2.82. The summed E-state index contributed by atoms with van der Waals surface area (Å²) in [6.45, 7) is 3.12. The van der Waals surface area contributed by atoms with Gasteiger partial charge in [-0.2, -0.15) is 0 Å². The van der Waals surface area contributed by atoms with Gasteiger partial charge in [-0.3, -0.25) is 0 Å². The normalized spacial score (nSPS) is 11.7. The molecule has 0 saturated carbocycles. The van der Waals surface area contributed by atoms with Gasteiger partial charge in [-0.1, -0.05) is 25.5 Å². The fraction of sp³-hybridized carbons (Fsp3) is 0.286. The molecule has 130 valence electrons. The van der Waals surface area contributed by atoms with Crippen molar-refractivity contribution in [3.63, 3.8) is 0 Å². The third-order valence-corrected chi connectivity index (χ3v) is 4.19. The van der Waals surface area contributed by atoms with Crippen molar-refractivity contribution in [2.45, 2.75) is 19.8 Å². The average molecular weight is 338 g/mol. The molecule has 25 heavy (non-hydrogen) atoms. The Hall–Kier alpha value is -2.75. The zero-order valence-corrected chi connectivity index (χ0v) is 15.0. The highest BCUT2D eigenvalue weighted by Gasteiger charge is 2.13. The van der Waals surface area contributed by atoms with Gasteiger partial charge in [-0.25, -0.2) is 4.99 Å². The Kier molecular flexibility index (Phi) is 5.39. The maximum Gasteiger partial charge on any atom is 0.213 e. The van der Waals surface area contributed by atoms with E-state index in [-0.39, 0.29) is 0 Å². The topological polar surface area (TPSA) is 45.6 Å². The van der Waals surface area contributed by atoms with E-state index in [1.165, 1.54) is 0 Å². The lowest BCUT2D eigenvalue weighted by atomic mass is 10.1. The minimum absolute atomic E-state index is 0.720. The molecule has 0 saturated heterocycles. The molecule has 0 bridgehead atoms. The third kappa shape index (κ3) is 3.68. The van der Waals surface area contributed by atoms with Crippen LogP contribution in [0.5, 0.6) is 11.5 Å². The number of hydrogen-bond donors (Lipinski definition) is 1. The number of ether oxygens (including phenoxy) is 2. The number of benzene rings is 2. The summed E-state index contributed by atoms with van der Waals surface area (Å²) in [5.74, 6) is 2.23. The Morgan fingerprint density at radius 3 is 2.60 bits per heavy atom. The number of methoxy groups -OCH3 is 2. The first-order chi connectivity index (χ1) is 12.3. The maximum atomic E-state index is 6.15. The van der Waals surface area contributed by atoms with E-state index in [0.717, 1.165) is 58.5 Å². The molecular weight excluding hydrogens is 314 g/mol. The smallest absolute Gasteiger partial charge is 0.213 e. The molecule has 0 amide bonds. The summed E-state index contributed by atoms with van der Waals surface area (Å²) >= 11 is 0. The van der Waals surface area contributed by atoms with Crippen molar-refractivity contribution in [3.8, 4) is 22.8 Å². The molecule has 4 nitrogen and oxygen atoms in total.